The van der Waals surface area contributed by atoms with Gasteiger partial charge in [-0.15, -0.1) is 0 Å². The fourth-order valence-electron chi connectivity index (χ4n) is 3.72. The molecule has 3 atom stereocenters. The Morgan fingerprint density at radius 2 is 2.00 bits per heavy atom. The van der Waals surface area contributed by atoms with E-state index in [4.69, 9.17) is 18.9 Å². The summed E-state index contributed by atoms with van der Waals surface area (Å²) in [7, 11) is 3.22. The molecule has 0 amide bonds. The number of nitrogens with zero attached hydrogens (tertiary/aromatic N) is 1. The summed E-state index contributed by atoms with van der Waals surface area (Å²) in [6.07, 6.45) is 4.10. The van der Waals surface area contributed by atoms with Crippen LogP contribution in [0.5, 0.6) is 11.5 Å². The molecular formula is C24H29NO5. The number of carbonyl (C=O) groups is 1. The fraction of sp³-hybridized carbons (Fsp3) is 0.417. The van der Waals surface area contributed by atoms with Crippen LogP contribution in [0, 0.1) is 11.8 Å². The molecule has 2 aromatic rings. The van der Waals surface area contributed by atoms with E-state index in [-0.39, 0.29) is 30.5 Å². The van der Waals surface area contributed by atoms with Crippen LogP contribution >= 0.6 is 0 Å². The molecular weight excluding hydrogens is 382 g/mol. The Kier molecular flexibility index (Phi) is 7.46. The highest BCUT2D eigenvalue weighted by Gasteiger charge is 2.39. The highest BCUT2D eigenvalue weighted by Crippen LogP contribution is 2.42. The first-order valence-corrected chi connectivity index (χ1v) is 10.1. The maximum Gasteiger partial charge on any atom is 0.333 e. The molecule has 1 saturated heterocycles. The SMILES string of the molecule is C/C=C(\C)C(=O)OC[C@H]1[C@@H](Cc2ccccn2)CO[C@@H]1c1ccc(OC)c(OC)c1. The zero-order chi connectivity index (χ0) is 21.5. The lowest BCUT2D eigenvalue weighted by Crippen LogP contribution is -2.25. The number of aromatic nitrogens is 1. The van der Waals surface area contributed by atoms with Gasteiger partial charge in [0.25, 0.3) is 0 Å². The fourth-order valence-corrected chi connectivity index (χ4v) is 3.72. The van der Waals surface area contributed by atoms with Gasteiger partial charge in [-0.25, -0.2) is 4.79 Å². The van der Waals surface area contributed by atoms with Crippen LogP contribution in [0.25, 0.3) is 0 Å². The Labute approximate surface area is 177 Å². The molecule has 0 N–H and O–H groups in total. The molecule has 160 valence electrons. The number of hydrogen-bond acceptors (Lipinski definition) is 6. The summed E-state index contributed by atoms with van der Waals surface area (Å²) in [6, 6.07) is 11.7. The number of pyridine rings is 1. The maximum atomic E-state index is 12.2. The van der Waals surface area contributed by atoms with Crippen molar-refractivity contribution in [1.82, 2.24) is 4.98 Å². The van der Waals surface area contributed by atoms with Gasteiger partial charge in [-0.05, 0) is 56.0 Å². The molecule has 0 spiro atoms. The summed E-state index contributed by atoms with van der Waals surface area (Å²) in [5.41, 5.74) is 2.57. The number of esters is 1. The van der Waals surface area contributed by atoms with Gasteiger partial charge in [-0.1, -0.05) is 18.2 Å². The summed E-state index contributed by atoms with van der Waals surface area (Å²) >= 11 is 0. The van der Waals surface area contributed by atoms with E-state index in [0.717, 1.165) is 17.7 Å². The summed E-state index contributed by atoms with van der Waals surface area (Å²) in [6.45, 7) is 4.43. The van der Waals surface area contributed by atoms with Crippen LogP contribution in [-0.4, -0.2) is 38.4 Å². The van der Waals surface area contributed by atoms with E-state index < -0.39 is 0 Å². The van der Waals surface area contributed by atoms with E-state index in [1.54, 1.807) is 33.4 Å². The highest BCUT2D eigenvalue weighted by atomic mass is 16.5. The van der Waals surface area contributed by atoms with E-state index in [0.29, 0.717) is 23.7 Å². The van der Waals surface area contributed by atoms with Gasteiger partial charge < -0.3 is 18.9 Å². The van der Waals surface area contributed by atoms with Gasteiger partial charge in [0.05, 0.1) is 33.5 Å². The van der Waals surface area contributed by atoms with Crippen LogP contribution in [0.3, 0.4) is 0 Å². The van der Waals surface area contributed by atoms with Crippen molar-refractivity contribution in [3.05, 3.63) is 65.5 Å². The molecule has 30 heavy (non-hydrogen) atoms. The molecule has 6 heteroatoms. The molecule has 1 aromatic heterocycles. The molecule has 1 aliphatic heterocycles. The average Bonchev–Trinajstić information content (AvgIpc) is 3.19. The molecule has 3 rings (SSSR count). The maximum absolute atomic E-state index is 12.2. The van der Waals surface area contributed by atoms with Gasteiger partial charge in [0.1, 0.15) is 0 Å². The van der Waals surface area contributed by atoms with Gasteiger partial charge in [-0.2, -0.15) is 0 Å². The van der Waals surface area contributed by atoms with E-state index >= 15 is 0 Å². The number of allylic oxidation sites excluding steroid dienone is 1. The quantitative estimate of drug-likeness (QED) is 0.480. The van der Waals surface area contributed by atoms with E-state index in [1.165, 1.54) is 0 Å². The first-order valence-electron chi connectivity index (χ1n) is 10.1. The van der Waals surface area contributed by atoms with Crippen molar-refractivity contribution in [2.75, 3.05) is 27.4 Å². The van der Waals surface area contributed by atoms with E-state index in [9.17, 15) is 4.79 Å². The van der Waals surface area contributed by atoms with Gasteiger partial charge in [0, 0.05) is 23.4 Å². The molecule has 0 aliphatic carbocycles. The Balaban J connectivity index is 1.84. The Morgan fingerprint density at radius 3 is 2.67 bits per heavy atom. The zero-order valence-electron chi connectivity index (χ0n) is 18.0. The van der Waals surface area contributed by atoms with Crippen LogP contribution in [0.2, 0.25) is 0 Å². The topological polar surface area (TPSA) is 66.9 Å². The third kappa shape index (κ3) is 5.00. The summed E-state index contributed by atoms with van der Waals surface area (Å²) in [4.78, 5) is 16.7. The second kappa shape index (κ2) is 10.3. The molecule has 0 unspecified atom stereocenters. The molecule has 1 fully saturated rings. The first-order chi connectivity index (χ1) is 14.6. The number of methoxy groups -OCH3 is 2. The second-order valence-electron chi connectivity index (χ2n) is 7.39. The minimum absolute atomic E-state index is 0.00119. The monoisotopic (exact) mass is 411 g/mol. The van der Waals surface area contributed by atoms with E-state index in [1.807, 2.05) is 43.3 Å². The van der Waals surface area contributed by atoms with Crippen molar-refractivity contribution >= 4 is 5.97 Å². The zero-order valence-corrected chi connectivity index (χ0v) is 18.0. The van der Waals surface area contributed by atoms with Gasteiger partial charge in [0.2, 0.25) is 0 Å². The van der Waals surface area contributed by atoms with Crippen molar-refractivity contribution in [2.24, 2.45) is 11.8 Å². The lowest BCUT2D eigenvalue weighted by molar-refractivity contribution is -0.141. The van der Waals surface area contributed by atoms with Crippen molar-refractivity contribution in [1.29, 1.82) is 0 Å². The molecule has 6 nitrogen and oxygen atoms in total. The van der Waals surface area contributed by atoms with Gasteiger partial charge >= 0.3 is 5.97 Å². The third-order valence-electron chi connectivity index (χ3n) is 5.58. The number of ether oxygens (including phenoxy) is 4. The third-order valence-corrected chi connectivity index (χ3v) is 5.58. The largest absolute Gasteiger partial charge is 0.493 e. The van der Waals surface area contributed by atoms with Crippen molar-refractivity contribution < 1.29 is 23.7 Å². The standard InChI is InChI=1S/C24H29NO5/c1-5-16(2)24(26)30-15-20-18(12-19-8-6-7-11-25-19)14-29-23(20)17-9-10-21(27-3)22(13-17)28-4/h5-11,13,18,20,23H,12,14-15H2,1-4H3/b16-5+/t18-,20-,23+/m0/s1. The lowest BCUT2D eigenvalue weighted by Gasteiger charge is -2.23. The number of rotatable bonds is 8. The molecule has 1 aromatic carbocycles. The predicted octanol–water partition coefficient (Wildman–Crippen LogP) is 4.15. The minimum Gasteiger partial charge on any atom is -0.493 e. The lowest BCUT2D eigenvalue weighted by atomic mass is 9.85. The molecule has 1 aliphatic rings. The smallest absolute Gasteiger partial charge is 0.333 e. The molecule has 2 heterocycles. The molecule has 0 radical (unpaired) electrons. The number of hydrogen-bond donors (Lipinski definition) is 0. The highest BCUT2D eigenvalue weighted by molar-refractivity contribution is 5.87. The van der Waals surface area contributed by atoms with Crippen LogP contribution in [0.1, 0.15) is 31.2 Å². The predicted molar refractivity (Wildman–Crippen MR) is 114 cm³/mol. The first kappa shape index (κ1) is 21.8. The van der Waals surface area contributed by atoms with Crippen molar-refractivity contribution in [3.63, 3.8) is 0 Å². The average molecular weight is 411 g/mol. The minimum atomic E-state index is -0.299. The summed E-state index contributed by atoms with van der Waals surface area (Å²) < 4.78 is 22.6. The van der Waals surface area contributed by atoms with Gasteiger partial charge in [0.15, 0.2) is 11.5 Å². The van der Waals surface area contributed by atoms with Crippen LogP contribution in [0.15, 0.2) is 54.2 Å². The summed E-state index contributed by atoms with van der Waals surface area (Å²) in [5.74, 6) is 1.19. The normalized spacial score (nSPS) is 21.3. The van der Waals surface area contributed by atoms with E-state index in [2.05, 4.69) is 4.98 Å². The Morgan fingerprint density at radius 1 is 1.20 bits per heavy atom. The van der Waals surface area contributed by atoms with Crippen LogP contribution in [0.4, 0.5) is 0 Å². The van der Waals surface area contributed by atoms with Crippen molar-refractivity contribution in [2.45, 2.75) is 26.4 Å². The molecule has 0 saturated carbocycles. The Hall–Kier alpha value is -2.86. The Bertz CT molecular complexity index is 880. The summed E-state index contributed by atoms with van der Waals surface area (Å²) in [5, 5.41) is 0. The van der Waals surface area contributed by atoms with Gasteiger partial charge in [-0.3, -0.25) is 4.98 Å². The van der Waals surface area contributed by atoms with Crippen LogP contribution < -0.4 is 9.47 Å². The number of benzene rings is 1. The number of carbonyl (C=O) groups excluding carboxylic acids is 1. The second-order valence-corrected chi connectivity index (χ2v) is 7.39. The van der Waals surface area contributed by atoms with Crippen molar-refractivity contribution in [3.8, 4) is 11.5 Å². The van der Waals surface area contributed by atoms with Crippen LogP contribution in [-0.2, 0) is 20.7 Å². The molecule has 0 bridgehead atoms.